The van der Waals surface area contributed by atoms with Crippen LogP contribution < -0.4 is 23.7 Å². The van der Waals surface area contributed by atoms with Crippen molar-refractivity contribution in [2.24, 2.45) is 4.99 Å². The maximum absolute atomic E-state index is 10.3. The molecule has 0 unspecified atom stereocenters. The molecule has 0 fully saturated rings. The van der Waals surface area contributed by atoms with Gasteiger partial charge in [0.2, 0.25) is 11.5 Å². The molecule has 7 heteroatoms. The monoisotopic (exact) mass is 399 g/mol. The zero-order valence-electron chi connectivity index (χ0n) is 17.2. The number of rotatable bonds is 6. The van der Waals surface area contributed by atoms with E-state index >= 15 is 0 Å². The van der Waals surface area contributed by atoms with Gasteiger partial charge in [-0.15, -0.1) is 0 Å². The van der Waals surface area contributed by atoms with Gasteiger partial charge in [0.05, 0.1) is 34.2 Å². The fourth-order valence-corrected chi connectivity index (χ4v) is 3.30. The van der Waals surface area contributed by atoms with Crippen molar-refractivity contribution in [3.05, 3.63) is 41.5 Å². The molecule has 0 saturated heterocycles. The van der Waals surface area contributed by atoms with Crippen LogP contribution in [0, 0.1) is 0 Å². The first-order valence-electron chi connectivity index (χ1n) is 9.16. The van der Waals surface area contributed by atoms with E-state index in [0.717, 1.165) is 22.4 Å². The molecule has 0 spiro atoms. The standard InChI is InChI=1S/C22H25NO6/c1-6-23-14-10-15(13-7-8-18(25-2)17(24)9-13)16-11-19(26-3)21(27-4)22(28-5)20(16)29-12-14/h7-11,24H,6,12H2,1-5H3. The average molecular weight is 399 g/mol. The van der Waals surface area contributed by atoms with Crippen LogP contribution in [0.1, 0.15) is 18.1 Å². The predicted octanol–water partition coefficient (Wildman–Crippen LogP) is 3.71. The van der Waals surface area contributed by atoms with Crippen molar-refractivity contribution in [1.82, 2.24) is 0 Å². The molecule has 3 rings (SSSR count). The molecule has 1 heterocycles. The Kier molecular flexibility index (Phi) is 6.16. The van der Waals surface area contributed by atoms with Crippen molar-refractivity contribution >= 4 is 11.3 Å². The van der Waals surface area contributed by atoms with Crippen LogP contribution in [0.4, 0.5) is 0 Å². The van der Waals surface area contributed by atoms with E-state index in [4.69, 9.17) is 23.7 Å². The lowest BCUT2D eigenvalue weighted by molar-refractivity contribution is 0.298. The van der Waals surface area contributed by atoms with Crippen LogP contribution in [0.15, 0.2) is 35.3 Å². The number of methoxy groups -OCH3 is 4. The van der Waals surface area contributed by atoms with Gasteiger partial charge in [0.1, 0.15) is 6.61 Å². The molecule has 0 aliphatic carbocycles. The summed E-state index contributed by atoms with van der Waals surface area (Å²) in [5.41, 5.74) is 3.09. The highest BCUT2D eigenvalue weighted by Gasteiger charge is 2.27. The molecule has 0 saturated carbocycles. The first-order chi connectivity index (χ1) is 14.1. The summed E-state index contributed by atoms with van der Waals surface area (Å²) >= 11 is 0. The molecular formula is C22H25NO6. The van der Waals surface area contributed by atoms with E-state index in [0.29, 0.717) is 35.3 Å². The first-order valence-corrected chi connectivity index (χ1v) is 9.16. The molecule has 1 N–H and O–H groups in total. The summed E-state index contributed by atoms with van der Waals surface area (Å²) in [4.78, 5) is 4.52. The Bertz CT molecular complexity index is 964. The summed E-state index contributed by atoms with van der Waals surface area (Å²) in [5.74, 6) is 2.34. The summed E-state index contributed by atoms with van der Waals surface area (Å²) in [5, 5.41) is 10.3. The lowest BCUT2D eigenvalue weighted by Gasteiger charge is -2.19. The van der Waals surface area contributed by atoms with E-state index in [1.807, 2.05) is 25.1 Å². The summed E-state index contributed by atoms with van der Waals surface area (Å²) < 4.78 is 27.9. The van der Waals surface area contributed by atoms with Crippen molar-refractivity contribution in [3.8, 4) is 34.5 Å². The second-order valence-corrected chi connectivity index (χ2v) is 6.22. The quantitative estimate of drug-likeness (QED) is 0.798. The van der Waals surface area contributed by atoms with Crippen LogP contribution in [-0.4, -0.2) is 52.4 Å². The van der Waals surface area contributed by atoms with E-state index in [1.54, 1.807) is 33.5 Å². The van der Waals surface area contributed by atoms with Gasteiger partial charge < -0.3 is 28.8 Å². The van der Waals surface area contributed by atoms with Gasteiger partial charge in [-0.05, 0) is 42.3 Å². The number of aliphatic imine (C=N–C) groups is 1. The van der Waals surface area contributed by atoms with Crippen LogP contribution >= 0.6 is 0 Å². The number of phenols is 1. The fourth-order valence-electron chi connectivity index (χ4n) is 3.30. The molecule has 0 aromatic heterocycles. The maximum Gasteiger partial charge on any atom is 0.207 e. The van der Waals surface area contributed by atoms with Crippen molar-refractivity contribution in [3.63, 3.8) is 0 Å². The van der Waals surface area contributed by atoms with Crippen LogP contribution in [0.3, 0.4) is 0 Å². The topological polar surface area (TPSA) is 78.7 Å². The molecule has 1 aliphatic rings. The van der Waals surface area contributed by atoms with E-state index in [-0.39, 0.29) is 12.4 Å². The van der Waals surface area contributed by atoms with Gasteiger partial charge in [-0.1, -0.05) is 6.07 Å². The van der Waals surface area contributed by atoms with Gasteiger partial charge >= 0.3 is 0 Å². The average Bonchev–Trinajstić information content (AvgIpc) is 2.92. The number of phenolic OH excluding ortho intramolecular Hbond substituents is 1. The van der Waals surface area contributed by atoms with E-state index in [9.17, 15) is 5.11 Å². The summed E-state index contributed by atoms with van der Waals surface area (Å²) in [6.07, 6.45) is 1.95. The number of hydrogen-bond donors (Lipinski definition) is 1. The Morgan fingerprint density at radius 2 is 1.69 bits per heavy atom. The van der Waals surface area contributed by atoms with Gasteiger partial charge in [-0.2, -0.15) is 0 Å². The smallest absolute Gasteiger partial charge is 0.207 e. The number of aromatic hydroxyl groups is 1. The molecule has 29 heavy (non-hydrogen) atoms. The lowest BCUT2D eigenvalue weighted by Crippen LogP contribution is -2.09. The Hall–Kier alpha value is -3.35. The minimum absolute atomic E-state index is 0.0408. The number of hydrogen-bond acceptors (Lipinski definition) is 7. The van der Waals surface area contributed by atoms with Crippen molar-refractivity contribution in [2.75, 3.05) is 41.6 Å². The van der Waals surface area contributed by atoms with Gasteiger partial charge in [0, 0.05) is 12.1 Å². The Morgan fingerprint density at radius 1 is 0.966 bits per heavy atom. The summed E-state index contributed by atoms with van der Waals surface area (Å²) in [6.45, 7) is 2.86. The van der Waals surface area contributed by atoms with E-state index in [2.05, 4.69) is 4.99 Å². The molecule has 0 radical (unpaired) electrons. The fraction of sp³-hybridized carbons (Fsp3) is 0.318. The minimum atomic E-state index is 0.0408. The van der Waals surface area contributed by atoms with Crippen molar-refractivity contribution < 1.29 is 28.8 Å². The summed E-state index contributed by atoms with van der Waals surface area (Å²) in [6, 6.07) is 7.06. The molecule has 0 amide bonds. The van der Waals surface area contributed by atoms with Gasteiger partial charge in [0.25, 0.3) is 0 Å². The number of fused-ring (bicyclic) bond motifs is 1. The van der Waals surface area contributed by atoms with Gasteiger partial charge in [-0.3, -0.25) is 4.99 Å². The molecule has 0 atom stereocenters. The molecule has 2 aromatic rings. The highest BCUT2D eigenvalue weighted by atomic mass is 16.5. The molecule has 2 aromatic carbocycles. The zero-order valence-corrected chi connectivity index (χ0v) is 17.2. The first kappa shape index (κ1) is 20.4. The third kappa shape index (κ3) is 3.81. The van der Waals surface area contributed by atoms with E-state index in [1.165, 1.54) is 7.11 Å². The Morgan fingerprint density at radius 3 is 2.28 bits per heavy atom. The minimum Gasteiger partial charge on any atom is -0.504 e. The lowest BCUT2D eigenvalue weighted by atomic mass is 9.95. The van der Waals surface area contributed by atoms with Crippen LogP contribution in [0.5, 0.6) is 34.5 Å². The third-order valence-corrected chi connectivity index (χ3v) is 4.60. The molecule has 1 aliphatic heterocycles. The van der Waals surface area contributed by atoms with Crippen LogP contribution in [0.2, 0.25) is 0 Å². The highest BCUT2D eigenvalue weighted by molar-refractivity contribution is 6.07. The zero-order chi connectivity index (χ0) is 21.0. The number of benzene rings is 2. The number of nitrogens with zero attached hydrogens (tertiary/aromatic N) is 1. The number of ether oxygens (including phenoxy) is 5. The molecule has 0 bridgehead atoms. The third-order valence-electron chi connectivity index (χ3n) is 4.60. The predicted molar refractivity (Wildman–Crippen MR) is 111 cm³/mol. The normalized spacial score (nSPS) is 14.4. The van der Waals surface area contributed by atoms with Gasteiger partial charge in [-0.25, -0.2) is 0 Å². The van der Waals surface area contributed by atoms with Crippen LogP contribution in [0.25, 0.3) is 5.57 Å². The highest BCUT2D eigenvalue weighted by Crippen LogP contribution is 2.50. The maximum atomic E-state index is 10.3. The molecule has 154 valence electrons. The van der Waals surface area contributed by atoms with Gasteiger partial charge in [0.15, 0.2) is 23.0 Å². The summed E-state index contributed by atoms with van der Waals surface area (Å²) in [7, 11) is 6.17. The molecular weight excluding hydrogens is 374 g/mol. The van der Waals surface area contributed by atoms with Crippen LogP contribution in [-0.2, 0) is 0 Å². The Balaban J connectivity index is 2.30. The second kappa shape index (κ2) is 8.77. The van der Waals surface area contributed by atoms with Crippen molar-refractivity contribution in [2.45, 2.75) is 6.92 Å². The largest absolute Gasteiger partial charge is 0.504 e. The Labute approximate surface area is 170 Å². The second-order valence-electron chi connectivity index (χ2n) is 6.22. The van der Waals surface area contributed by atoms with Crippen molar-refractivity contribution in [1.29, 1.82) is 0 Å². The van der Waals surface area contributed by atoms with E-state index < -0.39 is 0 Å². The SMILES string of the molecule is CCN=C1C=C(c2ccc(OC)c(O)c2)c2cc(OC)c(OC)c(OC)c2OC1. The molecule has 7 nitrogen and oxygen atoms in total.